The largest absolute Gasteiger partial charge is 0.314 e. The van der Waals surface area contributed by atoms with Crippen LogP contribution in [0.1, 0.15) is 16.5 Å². The van der Waals surface area contributed by atoms with Crippen LogP contribution in [-0.2, 0) is 0 Å². The fourth-order valence-electron chi connectivity index (χ4n) is 2.65. The van der Waals surface area contributed by atoms with Crippen LogP contribution in [0, 0.1) is 5.82 Å². The Hall–Kier alpha value is -0.170. The summed E-state index contributed by atoms with van der Waals surface area (Å²) >= 11 is 11.0. The van der Waals surface area contributed by atoms with Crippen LogP contribution in [-0.4, -0.2) is 31.1 Å². The van der Waals surface area contributed by atoms with Gasteiger partial charge in [-0.1, -0.05) is 17.7 Å². The third-order valence-corrected chi connectivity index (χ3v) is 5.53. The van der Waals surface area contributed by atoms with Crippen LogP contribution in [0.2, 0.25) is 4.34 Å². The van der Waals surface area contributed by atoms with E-state index in [1.54, 1.807) is 11.3 Å². The van der Waals surface area contributed by atoms with Gasteiger partial charge in [0.05, 0.1) is 14.9 Å². The molecule has 7 heteroatoms. The minimum absolute atomic E-state index is 0. The van der Waals surface area contributed by atoms with Crippen LogP contribution in [0.15, 0.2) is 34.8 Å². The lowest BCUT2D eigenvalue weighted by molar-refractivity contribution is 0.200. The van der Waals surface area contributed by atoms with Gasteiger partial charge in [0.1, 0.15) is 5.82 Å². The molecule has 1 atom stereocenters. The summed E-state index contributed by atoms with van der Waals surface area (Å²) in [6, 6.07) is 9.37. The Morgan fingerprint density at radius 1 is 1.23 bits per heavy atom. The normalized spacial score (nSPS) is 17.0. The highest BCUT2D eigenvalue weighted by atomic mass is 79.9. The van der Waals surface area contributed by atoms with Crippen molar-refractivity contribution in [3.63, 3.8) is 0 Å². The molecule has 0 radical (unpaired) electrons. The zero-order chi connectivity index (χ0) is 14.8. The Morgan fingerprint density at radius 2 is 1.95 bits per heavy atom. The highest BCUT2D eigenvalue weighted by molar-refractivity contribution is 9.10. The number of nitrogens with one attached hydrogen (secondary N) is 1. The maximum atomic E-state index is 13.5. The predicted molar refractivity (Wildman–Crippen MR) is 97.0 cm³/mol. The number of thiophene rings is 1. The molecule has 120 valence electrons. The van der Waals surface area contributed by atoms with Crippen molar-refractivity contribution in [1.29, 1.82) is 0 Å². The summed E-state index contributed by atoms with van der Waals surface area (Å²) in [4.78, 5) is 3.61. The number of halogens is 4. The van der Waals surface area contributed by atoms with Crippen LogP contribution >= 0.6 is 51.3 Å². The highest BCUT2D eigenvalue weighted by Gasteiger charge is 2.25. The first-order chi connectivity index (χ1) is 10.1. The second-order valence-corrected chi connectivity index (χ2v) is 7.60. The van der Waals surface area contributed by atoms with Gasteiger partial charge in [0, 0.05) is 31.1 Å². The summed E-state index contributed by atoms with van der Waals surface area (Å²) in [6.45, 7) is 3.88. The molecule has 0 amide bonds. The van der Waals surface area contributed by atoms with Crippen molar-refractivity contribution in [2.45, 2.75) is 6.04 Å². The van der Waals surface area contributed by atoms with Gasteiger partial charge in [-0.15, -0.1) is 23.7 Å². The van der Waals surface area contributed by atoms with E-state index < -0.39 is 0 Å². The Kier molecular flexibility index (Phi) is 6.68. The molecule has 0 spiro atoms. The summed E-state index contributed by atoms with van der Waals surface area (Å²) in [6.07, 6.45) is 0. The van der Waals surface area contributed by atoms with E-state index in [2.05, 4.69) is 32.2 Å². The van der Waals surface area contributed by atoms with Gasteiger partial charge in [-0.2, -0.15) is 0 Å². The lowest BCUT2D eigenvalue weighted by Crippen LogP contribution is -2.45. The van der Waals surface area contributed by atoms with Crippen molar-refractivity contribution >= 4 is 51.3 Å². The summed E-state index contributed by atoms with van der Waals surface area (Å²) in [5, 5.41) is 3.36. The molecule has 2 nitrogen and oxygen atoms in total. The third kappa shape index (κ3) is 4.02. The number of piperazine rings is 1. The van der Waals surface area contributed by atoms with Crippen molar-refractivity contribution in [3.8, 4) is 0 Å². The standard InChI is InChI=1S/C15H15BrClFN2S.ClH/c16-11-9-10(1-2-12(11)18)15(13-3-4-14(17)21-13)20-7-5-19-6-8-20;/h1-4,9,15,19H,5-8H2;1H/t15-;/m1./s1. The fraction of sp³-hybridized carbons (Fsp3) is 0.333. The molecule has 1 aliphatic rings. The van der Waals surface area contributed by atoms with Gasteiger partial charge in [-0.25, -0.2) is 4.39 Å². The Bertz CT molecular complexity index is 632. The molecule has 1 aromatic carbocycles. The van der Waals surface area contributed by atoms with Crippen molar-refractivity contribution in [1.82, 2.24) is 10.2 Å². The monoisotopic (exact) mass is 424 g/mol. The average Bonchev–Trinajstić information content (AvgIpc) is 2.90. The Balaban J connectivity index is 0.00000176. The van der Waals surface area contributed by atoms with Crippen LogP contribution in [0.5, 0.6) is 0 Å². The average molecular weight is 426 g/mol. The number of rotatable bonds is 3. The zero-order valence-corrected chi connectivity index (χ0v) is 15.7. The fourth-order valence-corrected chi connectivity index (χ4v) is 4.27. The molecule has 0 aliphatic carbocycles. The smallest absolute Gasteiger partial charge is 0.137 e. The van der Waals surface area contributed by atoms with Crippen molar-refractivity contribution < 1.29 is 4.39 Å². The number of nitrogens with zero attached hydrogens (tertiary/aromatic N) is 1. The van der Waals surface area contributed by atoms with Gasteiger partial charge in [-0.3, -0.25) is 4.90 Å². The SMILES string of the molecule is Cl.Fc1ccc([C@H](c2ccc(Cl)s2)N2CCNCC2)cc1Br. The van der Waals surface area contributed by atoms with E-state index in [1.165, 1.54) is 10.9 Å². The van der Waals surface area contributed by atoms with Gasteiger partial charge < -0.3 is 5.32 Å². The molecule has 2 aromatic rings. The van der Waals surface area contributed by atoms with E-state index in [4.69, 9.17) is 11.6 Å². The van der Waals surface area contributed by atoms with E-state index in [9.17, 15) is 4.39 Å². The van der Waals surface area contributed by atoms with Gasteiger partial charge in [-0.05, 0) is 45.8 Å². The van der Waals surface area contributed by atoms with Crippen LogP contribution in [0.4, 0.5) is 4.39 Å². The molecule has 0 bridgehead atoms. The summed E-state index contributed by atoms with van der Waals surface area (Å²) in [5.74, 6) is -0.234. The second-order valence-electron chi connectivity index (χ2n) is 5.00. The first kappa shape index (κ1) is 18.2. The van der Waals surface area contributed by atoms with E-state index in [0.29, 0.717) is 4.47 Å². The maximum Gasteiger partial charge on any atom is 0.137 e. The quantitative estimate of drug-likeness (QED) is 0.765. The molecule has 2 heterocycles. The number of hydrogen-bond donors (Lipinski definition) is 1. The molecule has 1 fully saturated rings. The first-order valence-corrected chi connectivity index (χ1v) is 8.79. The predicted octanol–water partition coefficient (Wildman–Crippen LogP) is 4.72. The molecule has 0 saturated carbocycles. The molecule has 1 aliphatic heterocycles. The minimum atomic E-state index is -0.234. The topological polar surface area (TPSA) is 15.3 Å². The molecular formula is C15H16BrCl2FN2S. The van der Waals surface area contributed by atoms with Gasteiger partial charge in [0.15, 0.2) is 0 Å². The number of hydrogen-bond acceptors (Lipinski definition) is 3. The Labute approximate surface area is 153 Å². The van der Waals surface area contributed by atoms with E-state index in [0.717, 1.165) is 36.1 Å². The zero-order valence-electron chi connectivity index (χ0n) is 11.7. The summed E-state index contributed by atoms with van der Waals surface area (Å²) in [5.41, 5.74) is 1.09. The second kappa shape index (κ2) is 8.08. The summed E-state index contributed by atoms with van der Waals surface area (Å²) < 4.78 is 14.8. The van der Waals surface area contributed by atoms with Gasteiger partial charge in [0.2, 0.25) is 0 Å². The lowest BCUT2D eigenvalue weighted by Gasteiger charge is -2.34. The molecule has 0 unspecified atom stereocenters. The van der Waals surface area contributed by atoms with Crippen molar-refractivity contribution in [2.24, 2.45) is 0 Å². The van der Waals surface area contributed by atoms with E-state index in [1.807, 2.05) is 18.2 Å². The lowest BCUT2D eigenvalue weighted by atomic mass is 10.0. The summed E-state index contributed by atoms with van der Waals surface area (Å²) in [7, 11) is 0. The molecule has 1 aromatic heterocycles. The van der Waals surface area contributed by atoms with Crippen LogP contribution < -0.4 is 5.32 Å². The Morgan fingerprint density at radius 3 is 2.55 bits per heavy atom. The van der Waals surface area contributed by atoms with Crippen molar-refractivity contribution in [3.05, 3.63) is 55.4 Å². The van der Waals surface area contributed by atoms with Gasteiger partial charge >= 0.3 is 0 Å². The molecule has 1 N–H and O–H groups in total. The molecule has 3 rings (SSSR count). The first-order valence-electron chi connectivity index (χ1n) is 6.80. The van der Waals surface area contributed by atoms with Crippen LogP contribution in [0.3, 0.4) is 0 Å². The van der Waals surface area contributed by atoms with Crippen molar-refractivity contribution in [2.75, 3.05) is 26.2 Å². The van der Waals surface area contributed by atoms with Gasteiger partial charge in [0.25, 0.3) is 0 Å². The van der Waals surface area contributed by atoms with Crippen LogP contribution in [0.25, 0.3) is 0 Å². The molecule has 1 saturated heterocycles. The van der Waals surface area contributed by atoms with E-state index in [-0.39, 0.29) is 24.3 Å². The molecular weight excluding hydrogens is 410 g/mol. The minimum Gasteiger partial charge on any atom is -0.314 e. The maximum absolute atomic E-state index is 13.5. The highest BCUT2D eigenvalue weighted by Crippen LogP contribution is 2.36. The molecule has 22 heavy (non-hydrogen) atoms. The third-order valence-electron chi connectivity index (χ3n) is 3.64. The van der Waals surface area contributed by atoms with E-state index >= 15 is 0 Å². The number of benzene rings is 1.